The fourth-order valence-electron chi connectivity index (χ4n) is 4.22. The number of hydrogen-bond donors (Lipinski definition) is 1. The molecule has 1 atom stereocenters. The molecule has 1 aliphatic heterocycles. The predicted molar refractivity (Wildman–Crippen MR) is 124 cm³/mol. The van der Waals surface area contributed by atoms with Crippen molar-refractivity contribution in [1.29, 1.82) is 0 Å². The number of Topliss-reactive ketones (excluding diaryl/α,β-unsaturated/α-hetero) is 1. The largest absolute Gasteiger partial charge is 0.505 e. The first-order valence-corrected chi connectivity index (χ1v) is 10.8. The molecule has 2 aromatic heterocycles. The molecule has 1 fully saturated rings. The summed E-state index contributed by atoms with van der Waals surface area (Å²) in [7, 11) is 3.91. The van der Waals surface area contributed by atoms with Crippen molar-refractivity contribution in [2.45, 2.75) is 19.4 Å². The average Bonchev–Trinajstić information content (AvgIpc) is 3.21. The maximum Gasteiger partial charge on any atom is 0.295 e. The summed E-state index contributed by atoms with van der Waals surface area (Å²) in [6.07, 6.45) is 2.46. The molecule has 4 rings (SSSR count). The van der Waals surface area contributed by atoms with Crippen molar-refractivity contribution in [3.8, 4) is 0 Å². The van der Waals surface area contributed by atoms with Crippen LogP contribution < -0.4 is 0 Å². The van der Waals surface area contributed by atoms with Crippen LogP contribution in [0, 0.1) is 6.92 Å². The molecule has 1 N–H and O–H groups in total. The minimum absolute atomic E-state index is 0.0517. The molecule has 0 spiro atoms. The van der Waals surface area contributed by atoms with Gasteiger partial charge < -0.3 is 14.9 Å². The number of benzene rings is 1. The van der Waals surface area contributed by atoms with Gasteiger partial charge in [0.1, 0.15) is 11.3 Å². The van der Waals surface area contributed by atoms with E-state index < -0.39 is 17.7 Å². The number of hydrogen-bond acceptors (Lipinski definition) is 5. The number of ketones is 1. The van der Waals surface area contributed by atoms with Crippen LogP contribution in [0.1, 0.15) is 29.4 Å². The second-order valence-corrected chi connectivity index (χ2v) is 8.62. The highest BCUT2D eigenvalue weighted by Gasteiger charge is 2.46. The highest BCUT2D eigenvalue weighted by Crippen LogP contribution is 2.40. The lowest BCUT2D eigenvalue weighted by atomic mass is 9.96. The molecule has 3 aromatic rings. The summed E-state index contributed by atoms with van der Waals surface area (Å²) >= 11 is 6.23. The molecule has 1 unspecified atom stereocenters. The molecule has 8 heteroatoms. The number of aromatic nitrogens is 2. The Morgan fingerprint density at radius 3 is 2.69 bits per heavy atom. The first kappa shape index (κ1) is 22.0. The van der Waals surface area contributed by atoms with Crippen LogP contribution in [0.5, 0.6) is 0 Å². The van der Waals surface area contributed by atoms with Crippen LogP contribution in [0.2, 0.25) is 5.02 Å². The number of carbonyl (C=O) groups excluding carboxylic acids is 2. The zero-order valence-corrected chi connectivity index (χ0v) is 19.0. The van der Waals surface area contributed by atoms with Crippen LogP contribution in [0.15, 0.2) is 54.2 Å². The van der Waals surface area contributed by atoms with Crippen molar-refractivity contribution < 1.29 is 14.7 Å². The average molecular weight is 453 g/mol. The molecule has 7 nitrogen and oxygen atoms in total. The maximum atomic E-state index is 13.2. The van der Waals surface area contributed by atoms with Crippen molar-refractivity contribution in [1.82, 2.24) is 19.2 Å². The van der Waals surface area contributed by atoms with Crippen molar-refractivity contribution in [3.05, 3.63) is 76.2 Å². The number of aliphatic hydroxyl groups excluding tert-OH is 1. The summed E-state index contributed by atoms with van der Waals surface area (Å²) in [5, 5.41) is 11.9. The molecule has 1 aromatic carbocycles. The van der Waals surface area contributed by atoms with E-state index in [-0.39, 0.29) is 11.3 Å². The smallest absolute Gasteiger partial charge is 0.295 e. The van der Waals surface area contributed by atoms with Gasteiger partial charge in [0, 0.05) is 17.8 Å². The number of fused-ring (bicyclic) bond motifs is 1. The minimum atomic E-state index is -0.732. The summed E-state index contributed by atoms with van der Waals surface area (Å²) in [4.78, 5) is 34.3. The third-order valence-electron chi connectivity index (χ3n) is 5.64. The number of nitrogens with zero attached hydrogens (tertiary/aromatic N) is 4. The van der Waals surface area contributed by atoms with Crippen molar-refractivity contribution in [3.63, 3.8) is 0 Å². The van der Waals surface area contributed by atoms with Gasteiger partial charge in [-0.15, -0.1) is 0 Å². The number of pyridine rings is 1. The lowest BCUT2D eigenvalue weighted by molar-refractivity contribution is -0.139. The number of aryl methyl sites for hydroxylation is 1. The molecule has 1 amide bonds. The van der Waals surface area contributed by atoms with E-state index in [1.807, 2.05) is 43.3 Å². The Bertz CT molecular complexity index is 1230. The van der Waals surface area contributed by atoms with Crippen molar-refractivity contribution in [2.24, 2.45) is 0 Å². The van der Waals surface area contributed by atoms with Gasteiger partial charge in [-0.1, -0.05) is 29.8 Å². The van der Waals surface area contributed by atoms with Crippen LogP contribution in [-0.4, -0.2) is 63.2 Å². The van der Waals surface area contributed by atoms with E-state index in [1.165, 1.54) is 4.90 Å². The van der Waals surface area contributed by atoms with Gasteiger partial charge in [0.15, 0.2) is 5.76 Å². The highest BCUT2D eigenvalue weighted by atomic mass is 35.5. The van der Waals surface area contributed by atoms with E-state index in [0.717, 1.165) is 6.54 Å². The third-order valence-corrected chi connectivity index (χ3v) is 5.87. The van der Waals surface area contributed by atoms with E-state index in [1.54, 1.807) is 35.7 Å². The molecule has 166 valence electrons. The first-order valence-electron chi connectivity index (χ1n) is 10.4. The summed E-state index contributed by atoms with van der Waals surface area (Å²) < 4.78 is 1.72. The van der Waals surface area contributed by atoms with Crippen LogP contribution in [-0.2, 0) is 9.59 Å². The third kappa shape index (κ3) is 3.89. The number of rotatable bonds is 6. The lowest BCUT2D eigenvalue weighted by Gasteiger charge is -2.26. The second-order valence-electron chi connectivity index (χ2n) is 8.18. The number of imidazole rings is 1. The highest BCUT2D eigenvalue weighted by molar-refractivity contribution is 6.46. The Balaban J connectivity index is 1.89. The maximum absolute atomic E-state index is 13.2. The van der Waals surface area contributed by atoms with Gasteiger partial charge in [0.25, 0.3) is 11.7 Å². The first-order chi connectivity index (χ1) is 15.3. The van der Waals surface area contributed by atoms with Crippen LogP contribution in [0.25, 0.3) is 11.4 Å². The molecule has 0 saturated carbocycles. The van der Waals surface area contributed by atoms with E-state index in [0.29, 0.717) is 40.6 Å². The lowest BCUT2D eigenvalue weighted by Crippen LogP contribution is -2.32. The summed E-state index contributed by atoms with van der Waals surface area (Å²) in [5.41, 5.74) is 2.34. The number of likely N-dealkylation sites (tertiary alicyclic amines) is 1. The van der Waals surface area contributed by atoms with Gasteiger partial charge in [0.2, 0.25) is 0 Å². The summed E-state index contributed by atoms with van der Waals surface area (Å²) in [6.45, 7) is 2.91. The molecule has 1 aliphatic rings. The van der Waals surface area contributed by atoms with E-state index in [9.17, 15) is 14.7 Å². The minimum Gasteiger partial charge on any atom is -0.505 e. The van der Waals surface area contributed by atoms with Gasteiger partial charge in [-0.05, 0) is 63.8 Å². The summed E-state index contributed by atoms with van der Waals surface area (Å²) in [6, 6.07) is 11.8. The number of aliphatic hydroxyl groups is 1. The van der Waals surface area contributed by atoms with Crippen LogP contribution >= 0.6 is 11.6 Å². The van der Waals surface area contributed by atoms with Gasteiger partial charge in [-0.25, -0.2) is 4.98 Å². The van der Waals surface area contributed by atoms with E-state index in [4.69, 9.17) is 11.6 Å². The number of halogens is 1. The fourth-order valence-corrected chi connectivity index (χ4v) is 4.42. The molecule has 0 aliphatic carbocycles. The molecule has 0 radical (unpaired) electrons. The normalized spacial score (nSPS) is 18.3. The Hall–Kier alpha value is -3.16. The van der Waals surface area contributed by atoms with Gasteiger partial charge >= 0.3 is 0 Å². The predicted octanol–water partition coefficient (Wildman–Crippen LogP) is 3.67. The van der Waals surface area contributed by atoms with Crippen molar-refractivity contribution in [2.75, 3.05) is 27.2 Å². The molecular formula is C24H25ClN4O3. The van der Waals surface area contributed by atoms with Gasteiger partial charge in [-0.3, -0.25) is 14.0 Å². The quantitative estimate of drug-likeness (QED) is 0.351. The zero-order chi connectivity index (χ0) is 23.0. The molecule has 32 heavy (non-hydrogen) atoms. The molecular weight excluding hydrogens is 428 g/mol. The standard InChI is InChI=1S/C24H25ClN4O3/c1-15-20(28-12-5-4-10-18(28)26-15)22(30)19-21(16-8-6-9-17(25)14-16)29(24(32)23(19)31)13-7-11-27(2)3/h4-6,8-10,12,14,21,30H,7,11,13H2,1-3H3. The van der Waals surface area contributed by atoms with Crippen LogP contribution in [0.3, 0.4) is 0 Å². The molecule has 3 heterocycles. The van der Waals surface area contributed by atoms with Gasteiger partial charge in [0.05, 0.1) is 17.3 Å². The molecule has 0 bridgehead atoms. The van der Waals surface area contributed by atoms with E-state index >= 15 is 0 Å². The fraction of sp³-hybridized carbons (Fsp3) is 0.292. The Labute approximate surface area is 191 Å². The van der Waals surface area contributed by atoms with Gasteiger partial charge in [-0.2, -0.15) is 0 Å². The van der Waals surface area contributed by atoms with Crippen LogP contribution in [0.4, 0.5) is 0 Å². The Morgan fingerprint density at radius 1 is 1.19 bits per heavy atom. The Kier molecular flexibility index (Phi) is 6.04. The number of amides is 1. The SMILES string of the molecule is Cc1nc2ccccn2c1C(O)=C1C(=O)C(=O)N(CCCN(C)C)C1c1cccc(Cl)c1. The topological polar surface area (TPSA) is 78.1 Å². The Morgan fingerprint density at radius 2 is 1.97 bits per heavy atom. The number of carbonyl (C=O) groups is 2. The van der Waals surface area contributed by atoms with Crippen molar-refractivity contribution >= 4 is 34.7 Å². The van der Waals surface area contributed by atoms with E-state index in [2.05, 4.69) is 4.98 Å². The summed E-state index contributed by atoms with van der Waals surface area (Å²) in [5.74, 6) is -1.57. The zero-order valence-electron chi connectivity index (χ0n) is 18.2. The second kappa shape index (κ2) is 8.76. The monoisotopic (exact) mass is 452 g/mol. The molecule has 1 saturated heterocycles.